The van der Waals surface area contributed by atoms with Gasteiger partial charge < -0.3 is 10.2 Å². The number of aryl methyl sites for hydroxylation is 1. The molecule has 1 N–H and O–H groups in total. The summed E-state index contributed by atoms with van der Waals surface area (Å²) in [5, 5.41) is 4.06. The monoisotopic (exact) mass is 467 g/mol. The lowest BCUT2D eigenvalue weighted by molar-refractivity contribution is -0.115. The Bertz CT molecular complexity index is 1140. The summed E-state index contributed by atoms with van der Waals surface area (Å²) < 4.78 is 0. The van der Waals surface area contributed by atoms with Gasteiger partial charge in [-0.25, -0.2) is 4.99 Å². The Labute approximate surface area is 200 Å². The Morgan fingerprint density at radius 2 is 2.03 bits per heavy atom. The maximum atomic E-state index is 12.6. The summed E-state index contributed by atoms with van der Waals surface area (Å²) in [5.41, 5.74) is 5.75. The first-order chi connectivity index (χ1) is 15.0. The van der Waals surface area contributed by atoms with E-state index in [0.717, 1.165) is 17.7 Å². The van der Waals surface area contributed by atoms with Crippen molar-refractivity contribution in [3.8, 4) is 0 Å². The minimum Gasteiger partial charge on any atom is -0.364 e. The van der Waals surface area contributed by atoms with E-state index in [1.165, 1.54) is 28.6 Å². The van der Waals surface area contributed by atoms with Crippen LogP contribution in [0.1, 0.15) is 63.6 Å². The maximum absolute atomic E-state index is 12.6. The van der Waals surface area contributed by atoms with Crippen LogP contribution in [0.15, 0.2) is 46.3 Å². The fourth-order valence-electron chi connectivity index (χ4n) is 5.03. The number of amidine groups is 1. The van der Waals surface area contributed by atoms with Crippen LogP contribution in [0.5, 0.6) is 0 Å². The van der Waals surface area contributed by atoms with Gasteiger partial charge in [0.2, 0.25) is 0 Å². The van der Waals surface area contributed by atoms with Crippen LogP contribution in [0.4, 0.5) is 11.4 Å². The molecule has 0 saturated carbocycles. The summed E-state index contributed by atoms with van der Waals surface area (Å²) in [6.45, 7) is 13.6. The second-order valence-corrected chi connectivity index (χ2v) is 11.1. The Morgan fingerprint density at radius 3 is 2.72 bits per heavy atom. The quantitative estimate of drug-likeness (QED) is 0.492. The summed E-state index contributed by atoms with van der Waals surface area (Å²) in [6, 6.07) is 12.3. The molecule has 1 saturated heterocycles. The lowest BCUT2D eigenvalue weighted by atomic mass is 9.78. The van der Waals surface area contributed by atoms with Crippen molar-refractivity contribution in [3.63, 3.8) is 0 Å². The van der Waals surface area contributed by atoms with Gasteiger partial charge in [-0.2, -0.15) is 0 Å². The molecular weight excluding hydrogens is 438 g/mol. The summed E-state index contributed by atoms with van der Waals surface area (Å²) >= 11 is 7.41. The SMILES string of the molecule is Cc1cc2c(cc1/C=C1\SC(=Nc3cccc(Cl)c3)NC1=O)C(C)CC(C)(C)N2C(C)C. The zero-order chi connectivity index (χ0) is 23.2. The molecule has 4 nitrogen and oxygen atoms in total. The van der Waals surface area contributed by atoms with E-state index in [1.807, 2.05) is 18.2 Å². The van der Waals surface area contributed by atoms with Crippen molar-refractivity contribution in [2.75, 3.05) is 4.90 Å². The third kappa shape index (κ3) is 4.46. The molecule has 0 bridgehead atoms. The first-order valence-corrected chi connectivity index (χ1v) is 12.2. The van der Waals surface area contributed by atoms with Gasteiger partial charge in [-0.3, -0.25) is 4.79 Å². The second kappa shape index (κ2) is 8.60. The van der Waals surface area contributed by atoms with Gasteiger partial charge in [0.25, 0.3) is 5.91 Å². The first-order valence-electron chi connectivity index (χ1n) is 11.0. The molecule has 2 aliphatic heterocycles. The van der Waals surface area contributed by atoms with Gasteiger partial charge in [0.05, 0.1) is 10.6 Å². The summed E-state index contributed by atoms with van der Waals surface area (Å²) in [6.07, 6.45) is 3.09. The summed E-state index contributed by atoms with van der Waals surface area (Å²) in [5.74, 6) is 0.337. The zero-order valence-corrected chi connectivity index (χ0v) is 21.1. The number of anilines is 1. The number of nitrogens with one attached hydrogen (secondary N) is 1. The summed E-state index contributed by atoms with van der Waals surface area (Å²) in [7, 11) is 0. The number of carbonyl (C=O) groups excluding carboxylic acids is 1. The minimum absolute atomic E-state index is 0.111. The van der Waals surface area contributed by atoms with E-state index in [9.17, 15) is 4.79 Å². The normalized spacial score (nSPS) is 22.6. The fourth-order valence-corrected chi connectivity index (χ4v) is 6.05. The van der Waals surface area contributed by atoms with Gasteiger partial charge in [-0.1, -0.05) is 24.6 Å². The Kier molecular flexibility index (Phi) is 6.17. The van der Waals surface area contributed by atoms with Crippen molar-refractivity contribution < 1.29 is 4.79 Å². The number of rotatable bonds is 3. The van der Waals surface area contributed by atoms with Gasteiger partial charge >= 0.3 is 0 Å². The molecule has 2 aliphatic rings. The number of amides is 1. The molecule has 6 heteroatoms. The molecule has 32 heavy (non-hydrogen) atoms. The van der Waals surface area contributed by atoms with Crippen molar-refractivity contribution in [2.24, 2.45) is 4.99 Å². The van der Waals surface area contributed by atoms with E-state index in [0.29, 0.717) is 27.1 Å². The molecule has 2 aromatic rings. The molecule has 1 atom stereocenters. The Hall–Kier alpha value is -2.24. The molecule has 0 radical (unpaired) electrons. The fraction of sp³-hybridized carbons (Fsp3) is 0.385. The van der Waals surface area contributed by atoms with Crippen LogP contribution in [-0.2, 0) is 4.79 Å². The highest BCUT2D eigenvalue weighted by Crippen LogP contribution is 2.45. The number of thioether (sulfide) groups is 1. The molecule has 2 heterocycles. The highest BCUT2D eigenvalue weighted by molar-refractivity contribution is 8.18. The largest absolute Gasteiger partial charge is 0.364 e. The van der Waals surface area contributed by atoms with Crippen LogP contribution in [0.3, 0.4) is 0 Å². The van der Waals surface area contributed by atoms with Gasteiger partial charge in [-0.15, -0.1) is 0 Å². The van der Waals surface area contributed by atoms with E-state index in [4.69, 9.17) is 11.6 Å². The van der Waals surface area contributed by atoms with E-state index in [1.54, 1.807) is 12.1 Å². The van der Waals surface area contributed by atoms with E-state index in [2.05, 4.69) is 68.9 Å². The molecular formula is C26H30ClN3OS. The molecule has 1 amide bonds. The molecule has 1 fully saturated rings. The number of aliphatic imine (C=N–C) groups is 1. The predicted octanol–water partition coefficient (Wildman–Crippen LogP) is 7.04. The number of carbonyl (C=O) groups is 1. The number of fused-ring (bicyclic) bond motifs is 1. The van der Waals surface area contributed by atoms with Crippen LogP contribution >= 0.6 is 23.4 Å². The molecule has 4 rings (SSSR count). The average Bonchev–Trinajstić information content (AvgIpc) is 3.00. The van der Waals surface area contributed by atoms with Crippen molar-refractivity contribution in [3.05, 3.63) is 63.0 Å². The van der Waals surface area contributed by atoms with E-state index < -0.39 is 0 Å². The van der Waals surface area contributed by atoms with Crippen molar-refractivity contribution in [1.82, 2.24) is 5.32 Å². The minimum atomic E-state index is -0.120. The number of halogens is 1. The molecule has 0 spiro atoms. The zero-order valence-electron chi connectivity index (χ0n) is 19.5. The Morgan fingerprint density at radius 1 is 1.28 bits per heavy atom. The number of hydrogen-bond acceptors (Lipinski definition) is 4. The third-order valence-electron chi connectivity index (χ3n) is 6.16. The second-order valence-electron chi connectivity index (χ2n) is 9.61. The first kappa shape index (κ1) is 22.9. The van der Waals surface area contributed by atoms with Crippen LogP contribution in [0, 0.1) is 6.92 Å². The Balaban J connectivity index is 1.68. The lowest BCUT2D eigenvalue weighted by Crippen LogP contribution is -2.51. The number of nitrogens with zero attached hydrogens (tertiary/aromatic N) is 2. The lowest BCUT2D eigenvalue weighted by Gasteiger charge is -2.50. The van der Waals surface area contributed by atoms with E-state index in [-0.39, 0.29) is 11.4 Å². The van der Waals surface area contributed by atoms with Crippen LogP contribution in [0.25, 0.3) is 6.08 Å². The highest BCUT2D eigenvalue weighted by Gasteiger charge is 2.38. The molecule has 0 aromatic heterocycles. The number of benzene rings is 2. The highest BCUT2D eigenvalue weighted by atomic mass is 35.5. The van der Waals surface area contributed by atoms with Crippen LogP contribution in [-0.4, -0.2) is 22.7 Å². The average molecular weight is 468 g/mol. The summed E-state index contributed by atoms with van der Waals surface area (Å²) in [4.78, 5) is 20.3. The van der Waals surface area contributed by atoms with E-state index >= 15 is 0 Å². The smallest absolute Gasteiger partial charge is 0.264 e. The van der Waals surface area contributed by atoms with Crippen LogP contribution in [0.2, 0.25) is 5.02 Å². The molecule has 1 unspecified atom stereocenters. The third-order valence-corrected chi connectivity index (χ3v) is 7.30. The number of hydrogen-bond donors (Lipinski definition) is 1. The van der Waals surface area contributed by atoms with Gasteiger partial charge in [0.15, 0.2) is 5.17 Å². The molecule has 2 aromatic carbocycles. The van der Waals surface area contributed by atoms with Gasteiger partial charge in [0.1, 0.15) is 0 Å². The standard InChI is InChI=1S/C26H30ClN3OS/c1-15(2)30-22-10-16(3)18(11-21(22)17(4)14-26(30,5)6)12-23-24(31)29-25(32-23)28-20-9-7-8-19(27)13-20/h7-13,15,17H,14H2,1-6H3,(H,28,29,31)/b23-12-. The molecule has 0 aliphatic carbocycles. The molecule has 168 valence electrons. The van der Waals surface area contributed by atoms with Crippen molar-refractivity contribution in [1.29, 1.82) is 0 Å². The van der Waals surface area contributed by atoms with Gasteiger partial charge in [-0.05, 0) is 112 Å². The van der Waals surface area contributed by atoms with Crippen LogP contribution < -0.4 is 10.2 Å². The van der Waals surface area contributed by atoms with Gasteiger partial charge in [0, 0.05) is 22.3 Å². The van der Waals surface area contributed by atoms with Crippen molar-refractivity contribution >= 4 is 51.9 Å². The topological polar surface area (TPSA) is 44.7 Å². The predicted molar refractivity (Wildman–Crippen MR) is 138 cm³/mol. The maximum Gasteiger partial charge on any atom is 0.264 e. The van der Waals surface area contributed by atoms with Crippen molar-refractivity contribution in [2.45, 2.75) is 65.5 Å².